The van der Waals surface area contributed by atoms with E-state index in [9.17, 15) is 26.4 Å². The normalized spacial score (nSPS) is 28.5. The molecule has 4 aliphatic rings. The number of ether oxygens (including phenoxy) is 1. The molecule has 9 nitrogen and oxygen atoms in total. The number of carboxylic acids is 1. The Hall–Kier alpha value is -1.44. The van der Waals surface area contributed by atoms with Crippen molar-refractivity contribution in [3.63, 3.8) is 0 Å². The molecule has 1 N–H and O–H groups in total. The molecule has 3 saturated heterocycles. The predicted octanol–water partition coefficient (Wildman–Crippen LogP) is 0.613. The average Bonchev–Trinajstić information content (AvgIpc) is 3.48. The molecule has 1 aliphatic carbocycles. The van der Waals surface area contributed by atoms with Gasteiger partial charge < -0.3 is 14.7 Å². The molecule has 1 amide bonds. The van der Waals surface area contributed by atoms with E-state index in [0.717, 1.165) is 45.3 Å². The lowest BCUT2D eigenvalue weighted by molar-refractivity contribution is -0.192. The summed E-state index contributed by atoms with van der Waals surface area (Å²) < 4.78 is 63.6. The van der Waals surface area contributed by atoms with Gasteiger partial charge in [-0.3, -0.25) is 9.69 Å². The molecule has 0 aromatic carbocycles. The quantitative estimate of drug-likeness (QED) is 0.608. The van der Waals surface area contributed by atoms with Crippen LogP contribution in [0.3, 0.4) is 0 Å². The molecule has 3 aliphatic heterocycles. The second-order valence-corrected chi connectivity index (χ2v) is 11.1. The molecule has 0 unspecified atom stereocenters. The molecular weight excluding hydrogens is 455 g/mol. The zero-order valence-electron chi connectivity index (χ0n) is 18.2. The van der Waals surface area contributed by atoms with Crippen LogP contribution in [0.25, 0.3) is 0 Å². The maximum absolute atomic E-state index is 12.8. The number of amides is 1. The van der Waals surface area contributed by atoms with E-state index in [1.807, 2.05) is 11.9 Å². The SMILES string of the molecule is COCCN1C[C@@H]2C(=O)N(C)C3(CCN(S(=O)(=O)C4CC4)CC3)[C@@H]2C1.O=C(O)C(F)(F)F. The first-order chi connectivity index (χ1) is 14.8. The van der Waals surface area contributed by atoms with Crippen molar-refractivity contribution in [3.05, 3.63) is 0 Å². The molecule has 1 saturated carbocycles. The van der Waals surface area contributed by atoms with Gasteiger partial charge in [-0.1, -0.05) is 0 Å². The van der Waals surface area contributed by atoms with Crippen LogP contribution in [-0.4, -0.2) is 110 Å². The summed E-state index contributed by atoms with van der Waals surface area (Å²) in [6.45, 7) is 4.38. The predicted molar refractivity (Wildman–Crippen MR) is 107 cm³/mol. The van der Waals surface area contributed by atoms with Crippen molar-refractivity contribution in [3.8, 4) is 0 Å². The zero-order valence-corrected chi connectivity index (χ0v) is 19.0. The van der Waals surface area contributed by atoms with Gasteiger partial charge in [0.2, 0.25) is 15.9 Å². The minimum atomic E-state index is -5.08. The summed E-state index contributed by atoms with van der Waals surface area (Å²) in [5.74, 6) is -2.14. The molecule has 32 heavy (non-hydrogen) atoms. The lowest BCUT2D eigenvalue weighted by atomic mass is 9.75. The van der Waals surface area contributed by atoms with Crippen LogP contribution in [0.15, 0.2) is 0 Å². The van der Waals surface area contributed by atoms with Gasteiger partial charge in [0.25, 0.3) is 0 Å². The van der Waals surface area contributed by atoms with Crippen molar-refractivity contribution in [2.24, 2.45) is 11.8 Å². The maximum Gasteiger partial charge on any atom is 0.490 e. The highest BCUT2D eigenvalue weighted by Gasteiger charge is 2.61. The average molecular weight is 486 g/mol. The van der Waals surface area contributed by atoms with E-state index in [4.69, 9.17) is 14.6 Å². The molecule has 0 aromatic rings. The summed E-state index contributed by atoms with van der Waals surface area (Å²) in [6.07, 6.45) is -1.94. The van der Waals surface area contributed by atoms with E-state index in [0.29, 0.717) is 25.6 Å². The summed E-state index contributed by atoms with van der Waals surface area (Å²) >= 11 is 0. The van der Waals surface area contributed by atoms with Crippen LogP contribution in [0.5, 0.6) is 0 Å². The van der Waals surface area contributed by atoms with Crippen molar-refractivity contribution < 1.29 is 41.0 Å². The zero-order chi connectivity index (χ0) is 23.9. The van der Waals surface area contributed by atoms with Gasteiger partial charge in [0.05, 0.1) is 17.8 Å². The summed E-state index contributed by atoms with van der Waals surface area (Å²) in [5.41, 5.74) is -0.168. The first-order valence-corrected chi connectivity index (χ1v) is 12.1. The first-order valence-electron chi connectivity index (χ1n) is 10.6. The number of fused-ring (bicyclic) bond motifs is 2. The van der Waals surface area contributed by atoms with Gasteiger partial charge in [-0.05, 0) is 25.7 Å². The van der Waals surface area contributed by atoms with Gasteiger partial charge >= 0.3 is 12.1 Å². The third kappa shape index (κ3) is 4.75. The Kier molecular flexibility index (Phi) is 7.14. The van der Waals surface area contributed by atoms with E-state index < -0.39 is 22.2 Å². The van der Waals surface area contributed by atoms with Crippen LogP contribution in [0.2, 0.25) is 0 Å². The fourth-order valence-corrected chi connectivity index (χ4v) is 7.06. The fourth-order valence-electron chi connectivity index (χ4n) is 5.21. The highest BCUT2D eigenvalue weighted by Crippen LogP contribution is 2.49. The topological polar surface area (TPSA) is 107 Å². The molecule has 13 heteroatoms. The van der Waals surface area contributed by atoms with Crippen LogP contribution >= 0.6 is 0 Å². The van der Waals surface area contributed by atoms with E-state index in [2.05, 4.69) is 4.90 Å². The number of sulfonamides is 1. The van der Waals surface area contributed by atoms with Gasteiger partial charge in [-0.2, -0.15) is 13.2 Å². The van der Waals surface area contributed by atoms with Crippen molar-refractivity contribution in [2.75, 3.05) is 53.5 Å². The van der Waals surface area contributed by atoms with E-state index in [1.165, 1.54) is 0 Å². The van der Waals surface area contributed by atoms with Crippen LogP contribution in [0, 0.1) is 11.8 Å². The molecule has 2 atom stereocenters. The number of rotatable bonds is 5. The summed E-state index contributed by atoms with van der Waals surface area (Å²) in [4.78, 5) is 26.0. The number of hydrogen-bond acceptors (Lipinski definition) is 6. The smallest absolute Gasteiger partial charge is 0.475 e. The Balaban J connectivity index is 0.000000360. The van der Waals surface area contributed by atoms with Crippen LogP contribution in [0.4, 0.5) is 13.2 Å². The number of carbonyl (C=O) groups excluding carboxylic acids is 1. The highest BCUT2D eigenvalue weighted by atomic mass is 32.2. The minimum absolute atomic E-state index is 0.0634. The Morgan fingerprint density at radius 1 is 1.22 bits per heavy atom. The number of likely N-dealkylation sites (tertiary alicyclic amines) is 2. The first kappa shape index (κ1) is 25.2. The van der Waals surface area contributed by atoms with Crippen molar-refractivity contribution in [1.29, 1.82) is 0 Å². The summed E-state index contributed by atoms with van der Waals surface area (Å²) in [7, 11) is 0.516. The van der Waals surface area contributed by atoms with Gasteiger partial charge in [0, 0.05) is 58.3 Å². The third-order valence-electron chi connectivity index (χ3n) is 7.15. The second kappa shape index (κ2) is 9.07. The number of carbonyl (C=O) groups is 2. The summed E-state index contributed by atoms with van der Waals surface area (Å²) in [5, 5.41) is 6.98. The van der Waals surface area contributed by atoms with E-state index in [-0.39, 0.29) is 22.6 Å². The van der Waals surface area contributed by atoms with E-state index >= 15 is 0 Å². The number of methoxy groups -OCH3 is 1. The van der Waals surface area contributed by atoms with Crippen LogP contribution in [0.1, 0.15) is 25.7 Å². The molecule has 3 heterocycles. The number of carboxylic acid groups (broad SMARTS) is 1. The Morgan fingerprint density at radius 3 is 2.25 bits per heavy atom. The minimum Gasteiger partial charge on any atom is -0.475 e. The van der Waals surface area contributed by atoms with Gasteiger partial charge in [0.15, 0.2) is 0 Å². The summed E-state index contributed by atoms with van der Waals surface area (Å²) in [6, 6.07) is 0. The Labute approximate surface area is 185 Å². The Bertz CT molecular complexity index is 825. The van der Waals surface area contributed by atoms with Crippen LogP contribution < -0.4 is 0 Å². The Morgan fingerprint density at radius 2 is 1.78 bits per heavy atom. The number of aliphatic carboxylic acids is 1. The van der Waals surface area contributed by atoms with Crippen molar-refractivity contribution in [2.45, 2.75) is 42.6 Å². The molecular formula is C19H30F3N3O6S. The lowest BCUT2D eigenvalue weighted by Crippen LogP contribution is -2.57. The number of nitrogens with zero attached hydrogens (tertiary/aromatic N) is 3. The fraction of sp³-hybridized carbons (Fsp3) is 0.895. The molecule has 4 rings (SSSR count). The third-order valence-corrected chi connectivity index (χ3v) is 9.55. The lowest BCUT2D eigenvalue weighted by Gasteiger charge is -2.46. The standard InChI is InChI=1S/C17H29N3O4S.C2HF3O2/c1-18-16(21)14-11-19(9-10-24-2)12-15(14)17(18)5-7-20(8-6-17)25(22,23)13-3-4-13;3-2(4,5)1(6)7/h13-15H,3-12H2,1-2H3;(H,6,7)/t14-,15+;/m0./s1. The van der Waals surface area contributed by atoms with Gasteiger partial charge in [-0.15, -0.1) is 0 Å². The maximum atomic E-state index is 12.8. The molecule has 4 fully saturated rings. The van der Waals surface area contributed by atoms with E-state index in [1.54, 1.807) is 11.4 Å². The molecule has 0 aromatic heterocycles. The largest absolute Gasteiger partial charge is 0.490 e. The van der Waals surface area contributed by atoms with Crippen molar-refractivity contribution in [1.82, 2.24) is 14.1 Å². The number of halogens is 3. The van der Waals surface area contributed by atoms with Crippen molar-refractivity contribution >= 4 is 21.9 Å². The van der Waals surface area contributed by atoms with Crippen LogP contribution in [-0.2, 0) is 24.3 Å². The molecule has 0 bridgehead atoms. The second-order valence-electron chi connectivity index (χ2n) is 8.91. The monoisotopic (exact) mass is 485 g/mol. The number of piperidine rings is 1. The van der Waals surface area contributed by atoms with Gasteiger partial charge in [-0.25, -0.2) is 17.5 Å². The molecule has 0 radical (unpaired) electrons. The number of hydrogen-bond donors (Lipinski definition) is 1. The molecule has 184 valence electrons. The highest BCUT2D eigenvalue weighted by molar-refractivity contribution is 7.90. The van der Waals surface area contributed by atoms with Gasteiger partial charge in [0.1, 0.15) is 0 Å². The number of alkyl halides is 3. The molecule has 1 spiro atoms.